The third kappa shape index (κ3) is 3.45. The fourth-order valence-corrected chi connectivity index (χ4v) is 2.23. The maximum Gasteiger partial charge on any atom is 0.323 e. The number of carbonyl (C=O) groups excluding carboxylic acids is 1. The number of aliphatic hydroxyl groups excluding tert-OH is 1. The Bertz CT molecular complexity index is 437. The normalized spacial score (nSPS) is 16.7. The molecule has 2 N–H and O–H groups in total. The number of rotatable bonds is 3. The van der Waals surface area contributed by atoms with Gasteiger partial charge in [0, 0.05) is 45.8 Å². The number of aromatic nitrogens is 2. The first kappa shape index (κ1) is 13.8. The summed E-state index contributed by atoms with van der Waals surface area (Å²) in [5.74, 6) is 0.709. The summed E-state index contributed by atoms with van der Waals surface area (Å²) in [5.41, 5.74) is 0.880. The Balaban J connectivity index is 1.86. The number of hydrogen-bond donors (Lipinski definition) is 2. The fraction of sp³-hybridized carbons (Fsp3) is 0.667. The van der Waals surface area contributed by atoms with Gasteiger partial charge in [-0.3, -0.25) is 14.9 Å². The van der Waals surface area contributed by atoms with Gasteiger partial charge in [0.1, 0.15) is 5.82 Å². The molecule has 19 heavy (non-hydrogen) atoms. The molecule has 1 aliphatic rings. The van der Waals surface area contributed by atoms with Crippen molar-refractivity contribution < 1.29 is 9.90 Å². The van der Waals surface area contributed by atoms with Crippen LogP contribution in [0.3, 0.4) is 0 Å². The van der Waals surface area contributed by atoms with E-state index >= 15 is 0 Å². The van der Waals surface area contributed by atoms with Crippen molar-refractivity contribution in [1.82, 2.24) is 19.6 Å². The third-order valence-corrected chi connectivity index (χ3v) is 3.31. The zero-order chi connectivity index (χ0) is 13.8. The number of nitrogens with one attached hydrogen (secondary N) is 1. The molecule has 0 radical (unpaired) electrons. The average molecular weight is 267 g/mol. The number of aliphatic hydroxyl groups is 1. The molecule has 0 bridgehead atoms. The van der Waals surface area contributed by atoms with Crippen LogP contribution >= 0.6 is 0 Å². The van der Waals surface area contributed by atoms with Gasteiger partial charge in [-0.2, -0.15) is 5.10 Å². The molecule has 106 valence electrons. The Morgan fingerprint density at radius 1 is 1.42 bits per heavy atom. The van der Waals surface area contributed by atoms with Crippen LogP contribution in [0.15, 0.2) is 6.07 Å². The molecule has 0 saturated carbocycles. The van der Waals surface area contributed by atoms with Crippen LogP contribution in [0, 0.1) is 6.92 Å². The Morgan fingerprint density at radius 3 is 2.63 bits per heavy atom. The number of amides is 2. The number of β-amino-alcohol motifs (C(OH)–C–C–N with tert-alkyl or cyclic N) is 1. The van der Waals surface area contributed by atoms with Gasteiger partial charge in [-0.1, -0.05) is 0 Å². The first-order valence-electron chi connectivity index (χ1n) is 6.50. The molecule has 0 spiro atoms. The van der Waals surface area contributed by atoms with E-state index in [1.165, 1.54) is 0 Å². The minimum atomic E-state index is -0.0911. The molecule has 0 aromatic carbocycles. The molecule has 2 rings (SSSR count). The fourth-order valence-electron chi connectivity index (χ4n) is 2.23. The highest BCUT2D eigenvalue weighted by Crippen LogP contribution is 2.10. The van der Waals surface area contributed by atoms with Crippen LogP contribution in [0.25, 0.3) is 0 Å². The predicted octanol–water partition coefficient (Wildman–Crippen LogP) is -0.130. The third-order valence-electron chi connectivity index (χ3n) is 3.31. The molecule has 2 heterocycles. The Hall–Kier alpha value is -1.60. The highest BCUT2D eigenvalue weighted by molar-refractivity contribution is 5.88. The summed E-state index contributed by atoms with van der Waals surface area (Å²) < 4.78 is 1.66. The van der Waals surface area contributed by atoms with Crippen molar-refractivity contribution in [2.75, 3.05) is 44.6 Å². The molecule has 1 aromatic rings. The van der Waals surface area contributed by atoms with Crippen LogP contribution < -0.4 is 5.32 Å². The number of urea groups is 1. The summed E-state index contributed by atoms with van der Waals surface area (Å²) in [7, 11) is 1.81. The largest absolute Gasteiger partial charge is 0.395 e. The lowest BCUT2D eigenvalue weighted by Crippen LogP contribution is -2.50. The molecule has 2 amide bonds. The van der Waals surface area contributed by atoms with E-state index in [9.17, 15) is 4.79 Å². The molecule has 1 saturated heterocycles. The summed E-state index contributed by atoms with van der Waals surface area (Å²) in [5, 5.41) is 15.9. The van der Waals surface area contributed by atoms with Crippen LogP contribution in [0.4, 0.5) is 10.6 Å². The van der Waals surface area contributed by atoms with Crippen LogP contribution in [0.1, 0.15) is 5.69 Å². The molecule has 0 atom stereocenters. The number of carbonyl (C=O) groups is 1. The summed E-state index contributed by atoms with van der Waals surface area (Å²) in [6.07, 6.45) is 0. The topological polar surface area (TPSA) is 73.6 Å². The van der Waals surface area contributed by atoms with E-state index in [2.05, 4.69) is 15.3 Å². The van der Waals surface area contributed by atoms with E-state index in [1.54, 1.807) is 9.58 Å². The summed E-state index contributed by atoms with van der Waals surface area (Å²) in [4.78, 5) is 16.0. The number of anilines is 1. The van der Waals surface area contributed by atoms with Crippen molar-refractivity contribution in [3.63, 3.8) is 0 Å². The molecule has 1 aromatic heterocycles. The maximum atomic E-state index is 12.1. The maximum absolute atomic E-state index is 12.1. The highest BCUT2D eigenvalue weighted by atomic mass is 16.3. The Morgan fingerprint density at radius 2 is 2.11 bits per heavy atom. The van der Waals surface area contributed by atoms with E-state index in [-0.39, 0.29) is 12.6 Å². The Labute approximate surface area is 112 Å². The second kappa shape index (κ2) is 6.03. The van der Waals surface area contributed by atoms with Gasteiger partial charge in [-0.05, 0) is 6.92 Å². The standard InChI is InChI=1S/C12H21N5O2/c1-10-9-11(15(2)14-10)13-12(19)17-5-3-16(4-6-17)7-8-18/h9,18H,3-8H2,1-2H3,(H,13,19). The first-order chi connectivity index (χ1) is 9.10. The monoisotopic (exact) mass is 267 g/mol. The van der Waals surface area contributed by atoms with Crippen molar-refractivity contribution in [2.24, 2.45) is 7.05 Å². The van der Waals surface area contributed by atoms with Gasteiger partial charge in [0.2, 0.25) is 0 Å². The summed E-state index contributed by atoms with van der Waals surface area (Å²) in [6, 6.07) is 1.76. The molecule has 7 heteroatoms. The molecule has 7 nitrogen and oxygen atoms in total. The zero-order valence-corrected chi connectivity index (χ0v) is 11.5. The lowest BCUT2D eigenvalue weighted by molar-refractivity contribution is 0.127. The lowest BCUT2D eigenvalue weighted by atomic mass is 10.3. The van der Waals surface area contributed by atoms with E-state index < -0.39 is 0 Å². The predicted molar refractivity (Wildman–Crippen MR) is 72.1 cm³/mol. The smallest absolute Gasteiger partial charge is 0.323 e. The molecule has 1 fully saturated rings. The van der Waals surface area contributed by atoms with Gasteiger partial charge in [0.05, 0.1) is 12.3 Å². The van der Waals surface area contributed by atoms with E-state index in [0.29, 0.717) is 25.5 Å². The minimum absolute atomic E-state index is 0.0911. The van der Waals surface area contributed by atoms with Crippen LogP contribution in [0.2, 0.25) is 0 Å². The van der Waals surface area contributed by atoms with Gasteiger partial charge in [-0.25, -0.2) is 4.79 Å². The second-order valence-electron chi connectivity index (χ2n) is 4.78. The van der Waals surface area contributed by atoms with Crippen molar-refractivity contribution in [1.29, 1.82) is 0 Å². The van der Waals surface area contributed by atoms with E-state index in [4.69, 9.17) is 5.11 Å². The zero-order valence-electron chi connectivity index (χ0n) is 11.5. The van der Waals surface area contributed by atoms with Gasteiger partial charge in [0.15, 0.2) is 0 Å². The average Bonchev–Trinajstić information content (AvgIpc) is 2.69. The van der Waals surface area contributed by atoms with Crippen LogP contribution in [-0.2, 0) is 7.05 Å². The lowest BCUT2D eigenvalue weighted by Gasteiger charge is -2.34. The van der Waals surface area contributed by atoms with Crippen LogP contribution in [-0.4, -0.2) is 70.0 Å². The first-order valence-corrected chi connectivity index (χ1v) is 6.50. The van der Waals surface area contributed by atoms with E-state index in [0.717, 1.165) is 18.8 Å². The number of hydrogen-bond acceptors (Lipinski definition) is 4. The Kier molecular flexibility index (Phi) is 4.39. The quantitative estimate of drug-likeness (QED) is 0.800. The van der Waals surface area contributed by atoms with Crippen molar-refractivity contribution >= 4 is 11.8 Å². The van der Waals surface area contributed by atoms with Crippen molar-refractivity contribution in [2.45, 2.75) is 6.92 Å². The number of nitrogens with zero attached hydrogens (tertiary/aromatic N) is 4. The highest BCUT2D eigenvalue weighted by Gasteiger charge is 2.21. The number of piperazine rings is 1. The SMILES string of the molecule is Cc1cc(NC(=O)N2CCN(CCO)CC2)n(C)n1. The molecule has 0 aliphatic carbocycles. The second-order valence-corrected chi connectivity index (χ2v) is 4.78. The van der Waals surface area contributed by atoms with Gasteiger partial charge in [0.25, 0.3) is 0 Å². The van der Waals surface area contributed by atoms with Gasteiger partial charge >= 0.3 is 6.03 Å². The van der Waals surface area contributed by atoms with Crippen LogP contribution in [0.5, 0.6) is 0 Å². The van der Waals surface area contributed by atoms with Gasteiger partial charge in [-0.15, -0.1) is 0 Å². The molecule has 0 unspecified atom stereocenters. The van der Waals surface area contributed by atoms with E-state index in [1.807, 2.05) is 20.0 Å². The summed E-state index contributed by atoms with van der Waals surface area (Å²) in [6.45, 7) is 5.71. The molecular formula is C12H21N5O2. The van der Waals surface area contributed by atoms with Crippen molar-refractivity contribution in [3.05, 3.63) is 11.8 Å². The van der Waals surface area contributed by atoms with Gasteiger partial charge < -0.3 is 10.0 Å². The van der Waals surface area contributed by atoms with Crippen molar-refractivity contribution in [3.8, 4) is 0 Å². The summed E-state index contributed by atoms with van der Waals surface area (Å²) >= 11 is 0. The number of aryl methyl sites for hydroxylation is 2. The molecule has 1 aliphatic heterocycles. The minimum Gasteiger partial charge on any atom is -0.395 e. The molecular weight excluding hydrogens is 246 g/mol.